The monoisotopic (exact) mass is 396 g/mol. The molecule has 0 aromatic carbocycles. The minimum atomic E-state index is -1.58. The van der Waals surface area contributed by atoms with E-state index in [1.807, 2.05) is 0 Å². The molecule has 0 spiro atoms. The van der Waals surface area contributed by atoms with E-state index < -0.39 is 17.4 Å². The van der Waals surface area contributed by atoms with E-state index in [-0.39, 0.29) is 65.7 Å². The zero-order valence-electron chi connectivity index (χ0n) is 18.5. The standard InChI is InChI=1S/C21H40O4.K.H/c1-3-5-7-9-11-13-15-17-21(19(22)23,20(24)25)18-16-14-12-10-8-6-4-2;;/h3-18H2,1-2H3,(H,22,23)(H,24,25);;/q;+1;-1. The van der Waals surface area contributed by atoms with Crippen LogP contribution in [0, 0.1) is 5.41 Å². The Labute approximate surface area is 204 Å². The Kier molecular flexibility index (Phi) is 20.9. The zero-order chi connectivity index (χ0) is 19.0. The number of hydrogen-bond donors (Lipinski definition) is 2. The second-order valence-corrected chi connectivity index (χ2v) is 7.44. The van der Waals surface area contributed by atoms with Crippen molar-refractivity contribution in [1.82, 2.24) is 0 Å². The molecule has 2 N–H and O–H groups in total. The number of carboxylic acids is 2. The molecule has 0 aromatic rings. The molecule has 0 aliphatic rings. The number of unbranched alkanes of at least 4 members (excludes halogenated alkanes) is 12. The molecule has 4 nitrogen and oxygen atoms in total. The van der Waals surface area contributed by atoms with Gasteiger partial charge in [-0.15, -0.1) is 0 Å². The molecule has 0 aliphatic carbocycles. The molecule has 0 aromatic heterocycles. The molecule has 26 heavy (non-hydrogen) atoms. The molecule has 0 heterocycles. The van der Waals surface area contributed by atoms with Crippen LogP contribution in [-0.2, 0) is 9.59 Å². The maximum absolute atomic E-state index is 11.7. The molecular formula is C21H41KO4. The molecule has 0 saturated carbocycles. The molecule has 0 radical (unpaired) electrons. The first-order valence-electron chi connectivity index (χ1n) is 10.5. The van der Waals surface area contributed by atoms with Crippen LogP contribution >= 0.6 is 0 Å². The average Bonchev–Trinajstić information content (AvgIpc) is 2.57. The molecule has 0 aliphatic heterocycles. The van der Waals surface area contributed by atoms with Gasteiger partial charge in [0.15, 0.2) is 5.41 Å². The van der Waals surface area contributed by atoms with Crippen molar-refractivity contribution in [1.29, 1.82) is 0 Å². The zero-order valence-corrected chi connectivity index (χ0v) is 20.6. The molecule has 0 atom stereocenters. The summed E-state index contributed by atoms with van der Waals surface area (Å²) in [6.07, 6.45) is 15.6. The summed E-state index contributed by atoms with van der Waals surface area (Å²) >= 11 is 0. The van der Waals surface area contributed by atoms with E-state index in [1.54, 1.807) is 0 Å². The van der Waals surface area contributed by atoms with E-state index in [0.29, 0.717) is 12.8 Å². The normalized spacial score (nSPS) is 11.2. The van der Waals surface area contributed by atoms with Gasteiger partial charge >= 0.3 is 63.3 Å². The first-order chi connectivity index (χ1) is 12.0. The van der Waals surface area contributed by atoms with Gasteiger partial charge in [-0.25, -0.2) is 0 Å². The summed E-state index contributed by atoms with van der Waals surface area (Å²) < 4.78 is 0. The Hall–Kier alpha value is 0.576. The van der Waals surface area contributed by atoms with E-state index in [4.69, 9.17) is 0 Å². The van der Waals surface area contributed by atoms with Gasteiger partial charge in [-0.05, 0) is 12.8 Å². The largest absolute Gasteiger partial charge is 1.00 e. The quantitative estimate of drug-likeness (QED) is 0.211. The summed E-state index contributed by atoms with van der Waals surface area (Å²) in [7, 11) is 0. The molecular weight excluding hydrogens is 355 g/mol. The average molecular weight is 397 g/mol. The minimum absolute atomic E-state index is 0. The maximum atomic E-state index is 11.7. The molecule has 150 valence electrons. The van der Waals surface area contributed by atoms with E-state index >= 15 is 0 Å². The summed E-state index contributed by atoms with van der Waals surface area (Å²) in [5, 5.41) is 19.1. The van der Waals surface area contributed by atoms with Crippen molar-refractivity contribution in [2.45, 2.75) is 117 Å². The van der Waals surface area contributed by atoms with Crippen LogP contribution in [0.25, 0.3) is 0 Å². The van der Waals surface area contributed by atoms with Crippen LogP contribution in [0.2, 0.25) is 0 Å². The van der Waals surface area contributed by atoms with Crippen molar-refractivity contribution in [3.05, 3.63) is 0 Å². The number of hydrogen-bond acceptors (Lipinski definition) is 2. The Morgan fingerprint density at radius 1 is 0.615 bits per heavy atom. The predicted molar refractivity (Wildman–Crippen MR) is 104 cm³/mol. The predicted octanol–water partition coefficient (Wildman–Crippen LogP) is 3.54. The van der Waals surface area contributed by atoms with Gasteiger partial charge in [0.05, 0.1) is 0 Å². The van der Waals surface area contributed by atoms with E-state index in [2.05, 4.69) is 13.8 Å². The van der Waals surface area contributed by atoms with Crippen LogP contribution < -0.4 is 51.4 Å². The van der Waals surface area contributed by atoms with Crippen molar-refractivity contribution in [2.24, 2.45) is 5.41 Å². The first kappa shape index (κ1) is 28.8. The summed E-state index contributed by atoms with van der Waals surface area (Å²) in [5.41, 5.74) is -1.58. The minimum Gasteiger partial charge on any atom is -1.00 e. The molecule has 0 bridgehead atoms. The molecule has 0 unspecified atom stereocenters. The van der Waals surface area contributed by atoms with Crippen LogP contribution in [0.3, 0.4) is 0 Å². The number of aliphatic carboxylic acids is 2. The molecule has 0 amide bonds. The van der Waals surface area contributed by atoms with Crippen molar-refractivity contribution < 1.29 is 72.6 Å². The van der Waals surface area contributed by atoms with Crippen LogP contribution in [0.1, 0.15) is 118 Å². The summed E-state index contributed by atoms with van der Waals surface area (Å²) in [6.45, 7) is 4.36. The third-order valence-corrected chi connectivity index (χ3v) is 5.23. The van der Waals surface area contributed by atoms with E-state index in [0.717, 1.165) is 25.7 Å². The van der Waals surface area contributed by atoms with Crippen molar-refractivity contribution in [3.8, 4) is 0 Å². The van der Waals surface area contributed by atoms with Crippen LogP contribution in [0.5, 0.6) is 0 Å². The maximum Gasteiger partial charge on any atom is 1.00 e. The molecule has 0 fully saturated rings. The molecule has 5 heteroatoms. The third-order valence-electron chi connectivity index (χ3n) is 5.23. The van der Waals surface area contributed by atoms with Gasteiger partial charge in [-0.2, -0.15) is 0 Å². The van der Waals surface area contributed by atoms with Crippen molar-refractivity contribution in [3.63, 3.8) is 0 Å². The SMILES string of the molecule is CCCCCCCCCC(CCCCCCCCC)(C(=O)O)C(=O)O.[H-].[K+]. The van der Waals surface area contributed by atoms with Gasteiger partial charge in [0.2, 0.25) is 0 Å². The molecule has 0 rings (SSSR count). The first-order valence-corrected chi connectivity index (χ1v) is 10.5. The van der Waals surface area contributed by atoms with Crippen LogP contribution in [-0.4, -0.2) is 22.2 Å². The van der Waals surface area contributed by atoms with E-state index in [9.17, 15) is 19.8 Å². The Morgan fingerprint density at radius 3 is 1.15 bits per heavy atom. The second kappa shape index (κ2) is 18.9. The number of rotatable bonds is 18. The fourth-order valence-corrected chi connectivity index (χ4v) is 3.41. The van der Waals surface area contributed by atoms with Gasteiger partial charge in [0, 0.05) is 0 Å². The van der Waals surface area contributed by atoms with Gasteiger partial charge in [0.1, 0.15) is 0 Å². The molecule has 0 saturated heterocycles. The van der Waals surface area contributed by atoms with Crippen LogP contribution in [0.15, 0.2) is 0 Å². The summed E-state index contributed by atoms with van der Waals surface area (Å²) in [5.74, 6) is -2.31. The smallest absolute Gasteiger partial charge is 1.00 e. The Bertz CT molecular complexity index is 330. The van der Waals surface area contributed by atoms with Crippen LogP contribution in [0.4, 0.5) is 0 Å². The third kappa shape index (κ3) is 12.9. The van der Waals surface area contributed by atoms with Crippen molar-refractivity contribution in [2.75, 3.05) is 0 Å². The number of carbonyl (C=O) groups is 2. The fourth-order valence-electron chi connectivity index (χ4n) is 3.41. The second-order valence-electron chi connectivity index (χ2n) is 7.44. The summed E-state index contributed by atoms with van der Waals surface area (Å²) in [6, 6.07) is 0. The Morgan fingerprint density at radius 2 is 0.885 bits per heavy atom. The topological polar surface area (TPSA) is 74.6 Å². The van der Waals surface area contributed by atoms with E-state index in [1.165, 1.54) is 51.4 Å². The Balaban J connectivity index is -0.00000288. The van der Waals surface area contributed by atoms with Gasteiger partial charge in [0.25, 0.3) is 0 Å². The van der Waals surface area contributed by atoms with Gasteiger partial charge < -0.3 is 11.6 Å². The van der Waals surface area contributed by atoms with Crippen molar-refractivity contribution >= 4 is 11.9 Å². The fraction of sp³-hybridized carbons (Fsp3) is 0.905. The van der Waals surface area contributed by atoms with Gasteiger partial charge in [-0.1, -0.05) is 104 Å². The number of carboxylic acid groups (broad SMARTS) is 2. The van der Waals surface area contributed by atoms with Gasteiger partial charge in [-0.3, -0.25) is 9.59 Å². The summed E-state index contributed by atoms with van der Waals surface area (Å²) in [4.78, 5) is 23.4.